The zero-order valence-electron chi connectivity index (χ0n) is 12.7. The highest BCUT2D eigenvalue weighted by Crippen LogP contribution is 2.29. The van der Waals surface area contributed by atoms with Crippen LogP contribution in [0.15, 0.2) is 23.8 Å². The Balaban J connectivity index is 3.13. The van der Waals surface area contributed by atoms with Gasteiger partial charge in [-0.15, -0.1) is 0 Å². The summed E-state index contributed by atoms with van der Waals surface area (Å²) in [4.78, 5) is 11.6. The lowest BCUT2D eigenvalue weighted by Crippen LogP contribution is -2.07. The first-order valence-corrected chi connectivity index (χ1v) is 6.65. The zero-order valence-corrected chi connectivity index (χ0v) is 12.7. The summed E-state index contributed by atoms with van der Waals surface area (Å²) in [6.07, 6.45) is 1.45. The zero-order chi connectivity index (χ0) is 15.8. The van der Waals surface area contributed by atoms with Gasteiger partial charge in [0.05, 0.1) is 19.8 Å². The molecule has 0 unspecified atom stereocenters. The molecule has 0 aliphatic carbocycles. The van der Waals surface area contributed by atoms with Crippen molar-refractivity contribution in [2.75, 3.05) is 13.7 Å². The average Bonchev–Trinajstić information content (AvgIpc) is 2.44. The fourth-order valence-electron chi connectivity index (χ4n) is 1.64. The largest absolute Gasteiger partial charge is 0.493 e. The highest BCUT2D eigenvalue weighted by Gasteiger charge is 2.11. The molecule has 0 spiro atoms. The van der Waals surface area contributed by atoms with Crippen molar-refractivity contribution >= 4 is 12.0 Å². The van der Waals surface area contributed by atoms with Crippen LogP contribution in [0.1, 0.15) is 26.3 Å². The highest BCUT2D eigenvalue weighted by atomic mass is 16.5. The normalized spacial score (nSPS) is 11.0. The van der Waals surface area contributed by atoms with Gasteiger partial charge in [0.25, 0.3) is 0 Å². The minimum Gasteiger partial charge on any atom is -0.493 e. The van der Waals surface area contributed by atoms with Crippen LogP contribution in [-0.4, -0.2) is 25.8 Å². The van der Waals surface area contributed by atoms with Gasteiger partial charge in [-0.05, 0) is 44.5 Å². The summed E-state index contributed by atoms with van der Waals surface area (Å²) in [5.74, 6) is 0.514. The van der Waals surface area contributed by atoms with E-state index in [9.17, 15) is 4.79 Å². The van der Waals surface area contributed by atoms with E-state index in [1.165, 1.54) is 6.08 Å². The maximum Gasteiger partial charge on any atom is 0.348 e. The number of esters is 1. The first kappa shape index (κ1) is 16.6. The predicted molar refractivity (Wildman–Crippen MR) is 79.0 cm³/mol. The van der Waals surface area contributed by atoms with Crippen molar-refractivity contribution in [2.45, 2.75) is 26.9 Å². The molecule has 112 valence electrons. The Morgan fingerprint density at radius 1 is 1.38 bits per heavy atom. The average molecular weight is 289 g/mol. The molecule has 5 nitrogen and oxygen atoms in total. The molecule has 0 heterocycles. The Labute approximate surface area is 124 Å². The van der Waals surface area contributed by atoms with E-state index in [-0.39, 0.29) is 18.3 Å². The second-order valence-electron chi connectivity index (χ2n) is 4.47. The molecule has 1 rings (SSSR count). The van der Waals surface area contributed by atoms with E-state index in [0.29, 0.717) is 17.1 Å². The van der Waals surface area contributed by atoms with Crippen molar-refractivity contribution in [1.82, 2.24) is 0 Å². The van der Waals surface area contributed by atoms with Crippen LogP contribution >= 0.6 is 0 Å². The molecule has 0 fully saturated rings. The number of rotatable bonds is 6. The van der Waals surface area contributed by atoms with Crippen LogP contribution in [0.4, 0.5) is 0 Å². The molecule has 0 aromatic heterocycles. The lowest BCUT2D eigenvalue weighted by Gasteiger charge is -2.14. The van der Waals surface area contributed by atoms with Crippen LogP contribution < -0.4 is 9.47 Å². The monoisotopic (exact) mass is 289 g/mol. The second-order valence-corrected chi connectivity index (χ2v) is 4.47. The number of benzene rings is 1. The summed E-state index contributed by atoms with van der Waals surface area (Å²) in [5, 5.41) is 9.02. The third-order valence-corrected chi connectivity index (χ3v) is 2.48. The summed E-state index contributed by atoms with van der Waals surface area (Å²) in [6.45, 7) is 5.72. The first-order valence-electron chi connectivity index (χ1n) is 6.65. The Hall–Kier alpha value is -2.48. The van der Waals surface area contributed by atoms with Crippen molar-refractivity contribution in [2.24, 2.45) is 0 Å². The van der Waals surface area contributed by atoms with Gasteiger partial charge in [-0.3, -0.25) is 0 Å². The molecule has 0 saturated heterocycles. The third-order valence-electron chi connectivity index (χ3n) is 2.48. The van der Waals surface area contributed by atoms with Gasteiger partial charge in [-0.2, -0.15) is 5.26 Å². The van der Waals surface area contributed by atoms with Crippen molar-refractivity contribution in [3.63, 3.8) is 0 Å². The number of hydrogen-bond acceptors (Lipinski definition) is 5. The number of methoxy groups -OCH3 is 1. The molecular weight excluding hydrogens is 270 g/mol. The van der Waals surface area contributed by atoms with Crippen molar-refractivity contribution < 1.29 is 19.0 Å². The van der Waals surface area contributed by atoms with E-state index < -0.39 is 5.97 Å². The molecule has 0 aliphatic rings. The lowest BCUT2D eigenvalue weighted by atomic mass is 10.1. The van der Waals surface area contributed by atoms with E-state index in [4.69, 9.17) is 19.5 Å². The van der Waals surface area contributed by atoms with Gasteiger partial charge in [-0.1, -0.05) is 6.07 Å². The highest BCUT2D eigenvalue weighted by molar-refractivity contribution is 5.97. The van der Waals surface area contributed by atoms with Gasteiger partial charge >= 0.3 is 5.97 Å². The molecule has 0 aliphatic heterocycles. The Kier molecular flexibility index (Phi) is 6.28. The number of carbonyl (C=O) groups is 1. The Morgan fingerprint density at radius 3 is 2.62 bits per heavy atom. The van der Waals surface area contributed by atoms with E-state index in [0.717, 1.165) is 0 Å². The predicted octanol–water partition coefficient (Wildman–Crippen LogP) is 2.95. The number of carbonyl (C=O) groups excluding carboxylic acids is 1. The van der Waals surface area contributed by atoms with Crippen LogP contribution in [-0.2, 0) is 9.53 Å². The topological polar surface area (TPSA) is 68.6 Å². The summed E-state index contributed by atoms with van der Waals surface area (Å²) in [5.41, 5.74) is 0.605. The number of nitrogens with zero attached hydrogens (tertiary/aromatic N) is 1. The van der Waals surface area contributed by atoms with Crippen molar-refractivity contribution in [3.8, 4) is 17.6 Å². The van der Waals surface area contributed by atoms with E-state index in [1.54, 1.807) is 32.2 Å². The van der Waals surface area contributed by atoms with Gasteiger partial charge in [0.1, 0.15) is 11.6 Å². The molecule has 21 heavy (non-hydrogen) atoms. The van der Waals surface area contributed by atoms with Gasteiger partial charge in [0.15, 0.2) is 11.5 Å². The number of nitriles is 1. The molecule has 0 radical (unpaired) electrons. The number of ether oxygens (including phenoxy) is 3. The van der Waals surface area contributed by atoms with Crippen LogP contribution in [0.5, 0.6) is 11.5 Å². The molecule has 1 aromatic carbocycles. The van der Waals surface area contributed by atoms with Crippen molar-refractivity contribution in [1.29, 1.82) is 5.26 Å². The fourth-order valence-corrected chi connectivity index (χ4v) is 1.64. The van der Waals surface area contributed by atoms with Gasteiger partial charge in [0.2, 0.25) is 0 Å². The third kappa shape index (κ3) is 4.84. The van der Waals surface area contributed by atoms with Crippen LogP contribution in [0.25, 0.3) is 6.08 Å². The van der Waals surface area contributed by atoms with E-state index in [2.05, 4.69) is 0 Å². The Bertz CT molecular complexity index is 570. The smallest absolute Gasteiger partial charge is 0.348 e. The second kappa shape index (κ2) is 7.95. The molecule has 0 bridgehead atoms. The maximum absolute atomic E-state index is 11.6. The Morgan fingerprint density at radius 2 is 2.10 bits per heavy atom. The maximum atomic E-state index is 11.6. The molecule has 0 amide bonds. The molecule has 0 atom stereocenters. The van der Waals surface area contributed by atoms with Gasteiger partial charge < -0.3 is 14.2 Å². The van der Waals surface area contributed by atoms with E-state index in [1.807, 2.05) is 19.9 Å². The summed E-state index contributed by atoms with van der Waals surface area (Å²) in [6, 6.07) is 7.02. The lowest BCUT2D eigenvalue weighted by molar-refractivity contribution is -0.137. The summed E-state index contributed by atoms with van der Waals surface area (Å²) in [7, 11) is 1.55. The number of hydrogen-bond donors (Lipinski definition) is 0. The van der Waals surface area contributed by atoms with Gasteiger partial charge in [0, 0.05) is 0 Å². The standard InChI is InChI=1S/C16H19NO4/c1-5-20-16(18)13(10-17)8-12-6-7-14(19-4)15(9-12)21-11(2)3/h6-9,11H,5H2,1-4H3. The van der Waals surface area contributed by atoms with Crippen LogP contribution in [0.3, 0.4) is 0 Å². The van der Waals surface area contributed by atoms with Gasteiger partial charge in [-0.25, -0.2) is 4.79 Å². The fraction of sp³-hybridized carbons (Fsp3) is 0.375. The van der Waals surface area contributed by atoms with E-state index >= 15 is 0 Å². The molecule has 1 aromatic rings. The first-order chi connectivity index (χ1) is 10.0. The minimum absolute atomic E-state index is 0.0152. The SMILES string of the molecule is CCOC(=O)C(C#N)=Cc1ccc(OC)c(OC(C)C)c1. The molecule has 5 heteroatoms. The molecule has 0 saturated carbocycles. The molecule has 0 N–H and O–H groups in total. The quantitative estimate of drug-likeness (QED) is 0.457. The van der Waals surface area contributed by atoms with Crippen molar-refractivity contribution in [3.05, 3.63) is 29.3 Å². The summed E-state index contributed by atoms with van der Waals surface area (Å²) >= 11 is 0. The van der Waals surface area contributed by atoms with Crippen LogP contribution in [0.2, 0.25) is 0 Å². The van der Waals surface area contributed by atoms with Crippen LogP contribution in [0, 0.1) is 11.3 Å². The molecular formula is C16H19NO4. The summed E-state index contributed by atoms with van der Waals surface area (Å²) < 4.78 is 15.7. The minimum atomic E-state index is -0.637.